The average Bonchev–Trinajstić information content (AvgIpc) is 2.32. The molecule has 0 aliphatic carbocycles. The molecule has 0 spiro atoms. The summed E-state index contributed by atoms with van der Waals surface area (Å²) >= 11 is 6.16. The van der Waals surface area contributed by atoms with Crippen LogP contribution in [0, 0.1) is 27.7 Å². The van der Waals surface area contributed by atoms with Crippen LogP contribution in [0.1, 0.15) is 40.8 Å². The van der Waals surface area contributed by atoms with E-state index in [0.29, 0.717) is 5.15 Å². The van der Waals surface area contributed by atoms with Gasteiger partial charge in [-0.05, 0) is 62.9 Å². The Kier molecular flexibility index (Phi) is 4.34. The Morgan fingerprint density at radius 1 is 1.00 bits per heavy atom. The zero-order chi connectivity index (χ0) is 14.9. The number of pyridine rings is 1. The monoisotopic (exact) mass is 288 g/mol. The van der Waals surface area contributed by atoms with Gasteiger partial charge in [-0.1, -0.05) is 29.3 Å². The molecule has 1 aromatic heterocycles. The van der Waals surface area contributed by atoms with E-state index in [1.54, 1.807) is 6.20 Å². The first-order valence-corrected chi connectivity index (χ1v) is 7.22. The maximum absolute atomic E-state index is 6.16. The zero-order valence-corrected chi connectivity index (χ0v) is 13.5. The molecule has 0 aliphatic rings. The molecule has 1 aromatic carbocycles. The predicted molar refractivity (Wildman–Crippen MR) is 86.7 cm³/mol. The third-order valence-electron chi connectivity index (χ3n) is 3.52. The zero-order valence-electron chi connectivity index (χ0n) is 12.7. The Bertz CT molecular complexity index is 612. The molecule has 106 valence electrons. The van der Waals surface area contributed by atoms with Gasteiger partial charge in [0, 0.05) is 12.2 Å². The van der Waals surface area contributed by atoms with Gasteiger partial charge in [0.2, 0.25) is 0 Å². The van der Waals surface area contributed by atoms with Crippen LogP contribution in [0.15, 0.2) is 24.4 Å². The lowest BCUT2D eigenvalue weighted by Gasteiger charge is -2.21. The maximum Gasteiger partial charge on any atom is 0.152 e. The molecule has 0 amide bonds. The van der Waals surface area contributed by atoms with E-state index in [4.69, 9.17) is 11.6 Å². The number of anilines is 1. The molecular formula is C17H21ClN2. The third-order valence-corrected chi connectivity index (χ3v) is 3.82. The minimum Gasteiger partial charge on any atom is -0.376 e. The van der Waals surface area contributed by atoms with Crippen molar-refractivity contribution in [3.8, 4) is 0 Å². The van der Waals surface area contributed by atoms with Crippen LogP contribution in [0.5, 0.6) is 0 Å². The van der Waals surface area contributed by atoms with Crippen LogP contribution in [-0.4, -0.2) is 4.98 Å². The van der Waals surface area contributed by atoms with Crippen molar-refractivity contribution in [3.63, 3.8) is 0 Å². The van der Waals surface area contributed by atoms with Crippen LogP contribution in [0.2, 0.25) is 5.15 Å². The second kappa shape index (κ2) is 5.84. The van der Waals surface area contributed by atoms with Crippen molar-refractivity contribution in [2.75, 3.05) is 5.32 Å². The van der Waals surface area contributed by atoms with Crippen LogP contribution in [0.3, 0.4) is 0 Å². The highest BCUT2D eigenvalue weighted by Gasteiger charge is 2.13. The van der Waals surface area contributed by atoms with E-state index in [2.05, 4.69) is 50.1 Å². The van der Waals surface area contributed by atoms with Crippen LogP contribution < -0.4 is 5.32 Å². The lowest BCUT2D eigenvalue weighted by atomic mass is 9.95. The molecule has 0 fully saturated rings. The van der Waals surface area contributed by atoms with Gasteiger partial charge < -0.3 is 5.32 Å². The number of hydrogen-bond acceptors (Lipinski definition) is 2. The minimum absolute atomic E-state index is 0.191. The normalized spacial score (nSPS) is 12.3. The molecular weight excluding hydrogens is 268 g/mol. The lowest BCUT2D eigenvalue weighted by molar-refractivity contribution is 0.860. The van der Waals surface area contributed by atoms with Crippen LogP contribution >= 0.6 is 11.6 Å². The number of hydrogen-bond donors (Lipinski definition) is 1. The van der Waals surface area contributed by atoms with E-state index in [1.807, 2.05) is 13.0 Å². The van der Waals surface area contributed by atoms with E-state index >= 15 is 0 Å². The van der Waals surface area contributed by atoms with Gasteiger partial charge in [-0.2, -0.15) is 0 Å². The largest absolute Gasteiger partial charge is 0.376 e. The van der Waals surface area contributed by atoms with Gasteiger partial charge in [-0.3, -0.25) is 0 Å². The summed E-state index contributed by atoms with van der Waals surface area (Å²) in [6.45, 7) is 10.6. The third kappa shape index (κ3) is 3.13. The van der Waals surface area contributed by atoms with E-state index in [1.165, 1.54) is 22.3 Å². The fourth-order valence-corrected chi connectivity index (χ4v) is 2.99. The van der Waals surface area contributed by atoms with Crippen LogP contribution in [0.4, 0.5) is 5.69 Å². The molecule has 0 radical (unpaired) electrons. The van der Waals surface area contributed by atoms with Crippen molar-refractivity contribution >= 4 is 17.3 Å². The fourth-order valence-electron chi connectivity index (χ4n) is 2.83. The lowest BCUT2D eigenvalue weighted by Crippen LogP contribution is -2.11. The first-order chi connectivity index (χ1) is 9.38. The summed E-state index contributed by atoms with van der Waals surface area (Å²) in [5, 5.41) is 3.99. The van der Waals surface area contributed by atoms with Gasteiger partial charge >= 0.3 is 0 Å². The molecule has 0 saturated heterocycles. The molecule has 0 aliphatic heterocycles. The number of nitrogens with one attached hydrogen (secondary N) is 1. The number of aryl methyl sites for hydroxylation is 4. The van der Waals surface area contributed by atoms with Crippen molar-refractivity contribution in [1.29, 1.82) is 0 Å². The molecule has 1 atom stereocenters. The van der Waals surface area contributed by atoms with Crippen molar-refractivity contribution in [1.82, 2.24) is 4.98 Å². The Morgan fingerprint density at radius 3 is 2.20 bits per heavy atom. The van der Waals surface area contributed by atoms with Crippen molar-refractivity contribution in [2.24, 2.45) is 0 Å². The summed E-state index contributed by atoms with van der Waals surface area (Å²) in [5.74, 6) is 0. The second-order valence-electron chi connectivity index (χ2n) is 5.53. The van der Waals surface area contributed by atoms with Gasteiger partial charge in [-0.25, -0.2) is 4.98 Å². The Morgan fingerprint density at radius 2 is 1.60 bits per heavy atom. The molecule has 0 bridgehead atoms. The van der Waals surface area contributed by atoms with Crippen molar-refractivity contribution in [2.45, 2.75) is 40.7 Å². The molecule has 1 unspecified atom stereocenters. The molecule has 2 nitrogen and oxygen atoms in total. The number of benzene rings is 1. The standard InChI is InChI=1S/C17H21ClN2/c1-10-6-12(3)16(13(4)7-10)14(5)20-15-8-11(2)9-19-17(15)18/h6-9,14,20H,1-5H3. The SMILES string of the molecule is Cc1cc(C)c(C(C)Nc2cc(C)cnc2Cl)c(C)c1. The Balaban J connectivity index is 2.33. The van der Waals surface area contributed by atoms with E-state index < -0.39 is 0 Å². The first-order valence-electron chi connectivity index (χ1n) is 6.85. The first kappa shape index (κ1) is 14.9. The van der Waals surface area contributed by atoms with Gasteiger partial charge in [0.05, 0.1) is 5.69 Å². The molecule has 2 rings (SSSR count). The number of rotatable bonds is 3. The van der Waals surface area contributed by atoms with E-state index in [-0.39, 0.29) is 6.04 Å². The maximum atomic E-state index is 6.16. The van der Waals surface area contributed by atoms with Crippen LogP contribution in [-0.2, 0) is 0 Å². The number of halogens is 1. The quantitative estimate of drug-likeness (QED) is 0.791. The molecule has 1 N–H and O–H groups in total. The summed E-state index contributed by atoms with van der Waals surface area (Å²) in [6.07, 6.45) is 1.78. The van der Waals surface area contributed by atoms with Crippen molar-refractivity contribution < 1.29 is 0 Å². The summed E-state index contributed by atoms with van der Waals surface area (Å²) in [7, 11) is 0. The van der Waals surface area contributed by atoms with Crippen molar-refractivity contribution in [3.05, 3.63) is 57.4 Å². The smallest absolute Gasteiger partial charge is 0.152 e. The van der Waals surface area contributed by atoms with Gasteiger partial charge in [0.25, 0.3) is 0 Å². The average molecular weight is 289 g/mol. The number of aromatic nitrogens is 1. The summed E-state index contributed by atoms with van der Waals surface area (Å²) in [5.41, 5.74) is 7.22. The highest BCUT2D eigenvalue weighted by Crippen LogP contribution is 2.29. The molecule has 20 heavy (non-hydrogen) atoms. The van der Waals surface area contributed by atoms with E-state index in [0.717, 1.165) is 11.3 Å². The summed E-state index contributed by atoms with van der Waals surface area (Å²) < 4.78 is 0. The number of nitrogens with zero attached hydrogens (tertiary/aromatic N) is 1. The highest BCUT2D eigenvalue weighted by atomic mass is 35.5. The predicted octanol–water partition coefficient (Wildman–Crippen LogP) is 5.14. The highest BCUT2D eigenvalue weighted by molar-refractivity contribution is 6.32. The summed E-state index contributed by atoms with van der Waals surface area (Å²) in [4.78, 5) is 4.19. The molecule has 0 saturated carbocycles. The fraction of sp³-hybridized carbons (Fsp3) is 0.353. The van der Waals surface area contributed by atoms with Gasteiger partial charge in [-0.15, -0.1) is 0 Å². The minimum atomic E-state index is 0.191. The molecule has 1 heterocycles. The summed E-state index contributed by atoms with van der Waals surface area (Å²) in [6, 6.07) is 6.66. The van der Waals surface area contributed by atoms with Gasteiger partial charge in [0.1, 0.15) is 0 Å². The molecule has 3 heteroatoms. The van der Waals surface area contributed by atoms with E-state index in [9.17, 15) is 0 Å². The molecule has 2 aromatic rings. The topological polar surface area (TPSA) is 24.9 Å². The Hall–Kier alpha value is -1.54. The van der Waals surface area contributed by atoms with Gasteiger partial charge in [0.15, 0.2) is 5.15 Å². The Labute approximate surface area is 126 Å². The van der Waals surface area contributed by atoms with Crippen LogP contribution in [0.25, 0.3) is 0 Å². The second-order valence-corrected chi connectivity index (χ2v) is 5.89.